The van der Waals surface area contributed by atoms with Crippen LogP contribution in [0.15, 0.2) is 27.9 Å². The maximum absolute atomic E-state index is 12.1. The smallest absolute Gasteiger partial charge is 0.330 e. The van der Waals surface area contributed by atoms with Crippen molar-refractivity contribution in [3.63, 3.8) is 0 Å². The van der Waals surface area contributed by atoms with Gasteiger partial charge < -0.3 is 9.47 Å². The highest BCUT2D eigenvalue weighted by molar-refractivity contribution is 7.99. The van der Waals surface area contributed by atoms with Gasteiger partial charge in [-0.25, -0.2) is 4.79 Å². The number of esters is 1. The number of terminal acetylenes is 1. The number of aromatic amines is 1. The molecule has 0 amide bonds. The second-order valence-electron chi connectivity index (χ2n) is 8.32. The molecule has 1 N–H and O–H groups in total. The molecule has 7 nitrogen and oxygen atoms in total. The zero-order chi connectivity index (χ0) is 24.1. The Balaban J connectivity index is 1.65. The molecule has 0 fully saturated rings. The maximum Gasteiger partial charge on any atom is 0.330 e. The Morgan fingerprint density at radius 3 is 2.55 bits per heavy atom. The first-order valence-electron chi connectivity index (χ1n) is 11.8. The third kappa shape index (κ3) is 8.90. The Hall–Kier alpha value is -2.24. The van der Waals surface area contributed by atoms with Gasteiger partial charge in [0.15, 0.2) is 11.8 Å². The molecule has 182 valence electrons. The molecule has 8 heteroatoms. The lowest BCUT2D eigenvalue weighted by Gasteiger charge is -2.24. The average molecular weight is 477 g/mol. The molecule has 0 radical (unpaired) electrons. The molecule has 1 aliphatic rings. The summed E-state index contributed by atoms with van der Waals surface area (Å²) in [5, 5.41) is 0. The van der Waals surface area contributed by atoms with Crippen LogP contribution in [0.2, 0.25) is 0 Å². The molecule has 33 heavy (non-hydrogen) atoms. The van der Waals surface area contributed by atoms with Gasteiger partial charge in [0.25, 0.3) is 5.56 Å². The normalized spacial score (nSPS) is 19.5. The molecule has 0 bridgehead atoms. The summed E-state index contributed by atoms with van der Waals surface area (Å²) in [5.74, 6) is 4.68. The summed E-state index contributed by atoms with van der Waals surface area (Å²) >= 11 is 2.01. The second-order valence-corrected chi connectivity index (χ2v) is 9.71. The molecular formula is C25H36N2O5S. The number of aromatic nitrogens is 2. The van der Waals surface area contributed by atoms with Crippen LogP contribution in [0.4, 0.5) is 0 Å². The number of nitrogens with one attached hydrogen (secondary N) is 1. The van der Waals surface area contributed by atoms with Gasteiger partial charge in [-0.1, -0.05) is 51.4 Å². The molecule has 0 saturated heterocycles. The molecule has 2 atom stereocenters. The lowest BCUT2D eigenvalue weighted by atomic mass is 10.1. The molecule has 1 aliphatic heterocycles. The number of aryl methyl sites for hydroxylation is 1. The van der Waals surface area contributed by atoms with Gasteiger partial charge in [-0.15, -0.1) is 6.42 Å². The van der Waals surface area contributed by atoms with Crippen LogP contribution in [-0.2, 0) is 14.3 Å². The number of H-pyrrole nitrogens is 1. The number of rotatable bonds is 15. The van der Waals surface area contributed by atoms with E-state index >= 15 is 0 Å². The standard InChI is InChI=1S/C25H36N2O5S/c1-4-25(16-15-21(32-25)27-18-20(3)23(29)26-24(27)30)19-31-22(28)14-12-10-8-6-7-9-11-13-17-33-5-2/h1,15-16,18,21H,5-14,17,19H2,2-3H3,(H,26,29,30)/t21-,25+/m1/s1. The third-order valence-electron chi connectivity index (χ3n) is 5.60. The van der Waals surface area contributed by atoms with E-state index in [1.54, 1.807) is 19.1 Å². The van der Waals surface area contributed by atoms with Gasteiger partial charge in [-0.05, 0) is 43.4 Å². The van der Waals surface area contributed by atoms with Crippen LogP contribution in [0.3, 0.4) is 0 Å². The lowest BCUT2D eigenvalue weighted by molar-refractivity contribution is -0.151. The van der Waals surface area contributed by atoms with Crippen molar-refractivity contribution >= 4 is 17.7 Å². The summed E-state index contributed by atoms with van der Waals surface area (Å²) in [4.78, 5) is 38.0. The van der Waals surface area contributed by atoms with Gasteiger partial charge in [0.2, 0.25) is 0 Å². The van der Waals surface area contributed by atoms with Crippen LogP contribution in [0.5, 0.6) is 0 Å². The third-order valence-corrected chi connectivity index (χ3v) is 6.58. The van der Waals surface area contributed by atoms with Crippen molar-refractivity contribution < 1.29 is 14.3 Å². The van der Waals surface area contributed by atoms with Crippen LogP contribution in [-0.4, -0.2) is 39.2 Å². The second kappa shape index (κ2) is 14.1. The van der Waals surface area contributed by atoms with Crippen molar-refractivity contribution in [3.05, 3.63) is 44.8 Å². The highest BCUT2D eigenvalue weighted by Gasteiger charge is 2.36. The first kappa shape index (κ1) is 27.0. The molecule has 1 aromatic rings. The van der Waals surface area contributed by atoms with Crippen LogP contribution >= 0.6 is 11.8 Å². The van der Waals surface area contributed by atoms with Crippen LogP contribution in [0.25, 0.3) is 0 Å². The number of carbonyl (C=O) groups excluding carboxylic acids is 1. The van der Waals surface area contributed by atoms with Gasteiger partial charge >= 0.3 is 11.7 Å². The van der Waals surface area contributed by atoms with E-state index in [9.17, 15) is 14.4 Å². The summed E-state index contributed by atoms with van der Waals surface area (Å²) in [5.41, 5.74) is -1.90. The molecule has 0 unspecified atom stereocenters. The first-order valence-corrected chi connectivity index (χ1v) is 13.0. The van der Waals surface area contributed by atoms with E-state index in [0.717, 1.165) is 19.3 Å². The molecule has 0 aliphatic carbocycles. The van der Waals surface area contributed by atoms with Crippen molar-refractivity contribution in [1.82, 2.24) is 9.55 Å². The van der Waals surface area contributed by atoms with Crippen LogP contribution in [0.1, 0.15) is 76.5 Å². The van der Waals surface area contributed by atoms with E-state index in [1.165, 1.54) is 54.4 Å². The number of hydrogen-bond donors (Lipinski definition) is 1. The highest BCUT2D eigenvalue weighted by Crippen LogP contribution is 2.29. The Labute approximate surface area is 200 Å². The highest BCUT2D eigenvalue weighted by atomic mass is 32.2. The predicted molar refractivity (Wildman–Crippen MR) is 132 cm³/mol. The van der Waals surface area contributed by atoms with Gasteiger partial charge in [0.1, 0.15) is 6.61 Å². The monoisotopic (exact) mass is 476 g/mol. The van der Waals surface area contributed by atoms with Gasteiger partial charge in [0, 0.05) is 18.2 Å². The molecular weight excluding hydrogens is 440 g/mol. The zero-order valence-corrected chi connectivity index (χ0v) is 20.6. The summed E-state index contributed by atoms with van der Waals surface area (Å²) in [6, 6.07) is 0. The quantitative estimate of drug-likeness (QED) is 0.177. The Morgan fingerprint density at radius 2 is 1.88 bits per heavy atom. The largest absolute Gasteiger partial charge is 0.461 e. The topological polar surface area (TPSA) is 90.4 Å². The zero-order valence-electron chi connectivity index (χ0n) is 19.8. The van der Waals surface area contributed by atoms with Crippen molar-refractivity contribution in [2.45, 2.75) is 83.5 Å². The van der Waals surface area contributed by atoms with E-state index in [0.29, 0.717) is 12.0 Å². The van der Waals surface area contributed by atoms with Crippen molar-refractivity contribution in [2.75, 3.05) is 18.1 Å². The van der Waals surface area contributed by atoms with Crippen molar-refractivity contribution in [3.8, 4) is 12.3 Å². The first-order chi connectivity index (χ1) is 15.9. The predicted octanol–water partition coefficient (Wildman–Crippen LogP) is 4.11. The Kier molecular flexibility index (Phi) is 11.6. The van der Waals surface area contributed by atoms with Crippen molar-refractivity contribution in [1.29, 1.82) is 0 Å². The summed E-state index contributed by atoms with van der Waals surface area (Å²) in [7, 11) is 0. The number of carbonyl (C=O) groups is 1. The molecule has 0 spiro atoms. The van der Waals surface area contributed by atoms with Crippen LogP contribution < -0.4 is 11.2 Å². The number of thioether (sulfide) groups is 1. The fraction of sp³-hybridized carbons (Fsp3) is 0.640. The van der Waals surface area contributed by atoms with Gasteiger partial charge in [-0.2, -0.15) is 11.8 Å². The summed E-state index contributed by atoms with van der Waals surface area (Å²) in [6.07, 6.45) is 19.2. The van der Waals surface area contributed by atoms with E-state index in [-0.39, 0.29) is 12.6 Å². The van der Waals surface area contributed by atoms with Gasteiger partial charge in [-0.3, -0.25) is 19.1 Å². The van der Waals surface area contributed by atoms with E-state index in [1.807, 2.05) is 11.8 Å². The number of ether oxygens (including phenoxy) is 2. The van der Waals surface area contributed by atoms with E-state index < -0.39 is 23.1 Å². The SMILES string of the molecule is C#C[C@@]1(COC(=O)CCCCCCCCCCSCC)C=C[C@H](n2cc(C)c(=O)[nH]c2=O)O1. The number of unbranched alkanes of at least 4 members (excludes halogenated alkanes) is 7. The molecule has 0 saturated carbocycles. The van der Waals surface area contributed by atoms with Gasteiger partial charge in [0.05, 0.1) is 0 Å². The molecule has 2 rings (SSSR count). The summed E-state index contributed by atoms with van der Waals surface area (Å²) < 4.78 is 12.4. The molecule has 1 aromatic heterocycles. The van der Waals surface area contributed by atoms with E-state index in [4.69, 9.17) is 15.9 Å². The Bertz CT molecular complexity index is 945. The molecule has 2 heterocycles. The minimum atomic E-state index is -1.24. The Morgan fingerprint density at radius 1 is 1.21 bits per heavy atom. The fourth-order valence-corrected chi connectivity index (χ4v) is 4.30. The minimum absolute atomic E-state index is 0.122. The number of nitrogens with zero attached hydrogens (tertiary/aromatic N) is 1. The number of hydrogen-bond acceptors (Lipinski definition) is 6. The minimum Gasteiger partial charge on any atom is -0.461 e. The maximum atomic E-state index is 12.1. The molecule has 0 aromatic carbocycles. The van der Waals surface area contributed by atoms with E-state index in [2.05, 4.69) is 17.8 Å². The van der Waals surface area contributed by atoms with Crippen molar-refractivity contribution in [2.24, 2.45) is 0 Å². The lowest BCUT2D eigenvalue weighted by Crippen LogP contribution is -2.37. The fourth-order valence-electron chi connectivity index (χ4n) is 3.60. The van der Waals surface area contributed by atoms with Crippen LogP contribution in [0, 0.1) is 19.3 Å². The summed E-state index contributed by atoms with van der Waals surface area (Å²) in [6.45, 7) is 3.67. The average Bonchev–Trinajstić information content (AvgIpc) is 3.23.